The normalized spacial score (nSPS) is 20.3. The second-order valence-corrected chi connectivity index (χ2v) is 3.81. The van der Waals surface area contributed by atoms with Crippen molar-refractivity contribution in [3.63, 3.8) is 0 Å². The first-order chi connectivity index (χ1) is 6.95. The molecule has 0 radical (unpaired) electrons. The summed E-state index contributed by atoms with van der Waals surface area (Å²) >= 11 is 0. The highest BCUT2D eigenvalue weighted by atomic mass is 15.1. The highest BCUT2D eigenvalue weighted by Gasteiger charge is 2.08. The first kappa shape index (κ1) is 9.68. The quantitative estimate of drug-likeness (QED) is 0.724. The van der Waals surface area contributed by atoms with Crippen molar-refractivity contribution >= 4 is 0 Å². The van der Waals surface area contributed by atoms with Crippen LogP contribution >= 0.6 is 0 Å². The van der Waals surface area contributed by atoms with Gasteiger partial charge in [-0.1, -0.05) is 0 Å². The summed E-state index contributed by atoms with van der Waals surface area (Å²) in [6.07, 6.45) is 6.15. The van der Waals surface area contributed by atoms with Gasteiger partial charge in [-0.2, -0.15) is 0 Å². The summed E-state index contributed by atoms with van der Waals surface area (Å²) in [4.78, 5) is 9.68. The summed E-state index contributed by atoms with van der Waals surface area (Å²) in [6.45, 7) is 5.69. The van der Waals surface area contributed by atoms with E-state index >= 15 is 0 Å². The van der Waals surface area contributed by atoms with Crippen molar-refractivity contribution in [2.75, 3.05) is 26.2 Å². The largest absolute Gasteiger partial charge is 0.347 e. The van der Waals surface area contributed by atoms with E-state index in [9.17, 15) is 0 Å². The standard InChI is InChI=1S/C10H18N4/c1-3-11-4-2-6-14(5-1)8-10-7-12-9-13-10/h7,9,11H,1-6,8H2,(H,12,13). The highest BCUT2D eigenvalue weighted by Crippen LogP contribution is 2.03. The molecule has 0 unspecified atom stereocenters. The van der Waals surface area contributed by atoms with Gasteiger partial charge in [0.1, 0.15) is 0 Å². The van der Waals surface area contributed by atoms with Gasteiger partial charge in [-0.3, -0.25) is 4.90 Å². The Kier molecular flexibility index (Phi) is 3.54. The summed E-state index contributed by atoms with van der Waals surface area (Å²) in [7, 11) is 0. The predicted molar refractivity (Wildman–Crippen MR) is 56.0 cm³/mol. The smallest absolute Gasteiger partial charge is 0.0922 e. The van der Waals surface area contributed by atoms with Gasteiger partial charge in [0, 0.05) is 18.4 Å². The lowest BCUT2D eigenvalue weighted by molar-refractivity contribution is 0.242. The molecule has 1 aromatic heterocycles. The molecule has 0 spiro atoms. The fraction of sp³-hybridized carbons (Fsp3) is 0.700. The maximum absolute atomic E-state index is 4.04. The SMILES string of the molecule is c1ncc(CN2CCCNCCC2)[nH]1. The van der Waals surface area contributed by atoms with Crippen molar-refractivity contribution in [1.29, 1.82) is 0 Å². The molecule has 1 fully saturated rings. The molecule has 2 heterocycles. The van der Waals surface area contributed by atoms with Crippen LogP contribution in [0.4, 0.5) is 0 Å². The van der Waals surface area contributed by atoms with Gasteiger partial charge in [0.05, 0.1) is 6.33 Å². The van der Waals surface area contributed by atoms with Crippen LogP contribution in [-0.4, -0.2) is 41.0 Å². The van der Waals surface area contributed by atoms with E-state index in [0.717, 1.165) is 19.6 Å². The Hall–Kier alpha value is -0.870. The van der Waals surface area contributed by atoms with Crippen LogP contribution in [0, 0.1) is 0 Å². The average Bonchev–Trinajstić information content (AvgIpc) is 2.62. The van der Waals surface area contributed by atoms with Gasteiger partial charge in [0.15, 0.2) is 0 Å². The fourth-order valence-corrected chi connectivity index (χ4v) is 1.86. The van der Waals surface area contributed by atoms with Crippen LogP contribution in [0.5, 0.6) is 0 Å². The zero-order valence-corrected chi connectivity index (χ0v) is 8.50. The van der Waals surface area contributed by atoms with E-state index in [0.29, 0.717) is 0 Å². The van der Waals surface area contributed by atoms with Crippen LogP contribution in [0.25, 0.3) is 0 Å². The number of rotatable bonds is 2. The Bertz CT molecular complexity index is 237. The summed E-state index contributed by atoms with van der Waals surface area (Å²) in [5.74, 6) is 0. The van der Waals surface area contributed by atoms with Crippen LogP contribution in [0.1, 0.15) is 18.5 Å². The molecule has 4 nitrogen and oxygen atoms in total. The first-order valence-corrected chi connectivity index (χ1v) is 5.35. The lowest BCUT2D eigenvalue weighted by atomic mass is 10.2. The zero-order valence-electron chi connectivity index (χ0n) is 8.50. The maximum atomic E-state index is 4.04. The van der Waals surface area contributed by atoms with Gasteiger partial charge < -0.3 is 10.3 Å². The summed E-state index contributed by atoms with van der Waals surface area (Å²) in [5, 5.41) is 3.42. The number of aromatic nitrogens is 2. The second kappa shape index (κ2) is 5.12. The molecule has 2 N–H and O–H groups in total. The molecule has 4 heteroatoms. The van der Waals surface area contributed by atoms with Gasteiger partial charge in [0.25, 0.3) is 0 Å². The monoisotopic (exact) mass is 194 g/mol. The van der Waals surface area contributed by atoms with Crippen molar-refractivity contribution in [2.24, 2.45) is 0 Å². The Balaban J connectivity index is 1.83. The number of H-pyrrole nitrogens is 1. The molecule has 1 aromatic rings. The highest BCUT2D eigenvalue weighted by molar-refractivity contribution is 4.93. The van der Waals surface area contributed by atoms with Gasteiger partial charge >= 0.3 is 0 Å². The number of nitrogens with zero attached hydrogens (tertiary/aromatic N) is 2. The van der Waals surface area contributed by atoms with Gasteiger partial charge in [-0.25, -0.2) is 4.98 Å². The number of hydrogen-bond acceptors (Lipinski definition) is 3. The number of aromatic amines is 1. The molecule has 2 rings (SSSR count). The van der Waals surface area contributed by atoms with Crippen molar-refractivity contribution in [3.05, 3.63) is 18.2 Å². The second-order valence-electron chi connectivity index (χ2n) is 3.81. The first-order valence-electron chi connectivity index (χ1n) is 5.35. The molecule has 1 aliphatic heterocycles. The Morgan fingerprint density at radius 3 is 2.71 bits per heavy atom. The number of nitrogens with one attached hydrogen (secondary N) is 2. The van der Waals surface area contributed by atoms with E-state index in [-0.39, 0.29) is 0 Å². The lowest BCUT2D eigenvalue weighted by Crippen LogP contribution is -2.33. The molecule has 0 saturated carbocycles. The average molecular weight is 194 g/mol. The van der Waals surface area contributed by atoms with E-state index < -0.39 is 0 Å². The molecule has 0 atom stereocenters. The molecule has 0 aliphatic carbocycles. The molecule has 0 amide bonds. The molecule has 0 bridgehead atoms. The molecule has 1 aliphatic rings. The third-order valence-corrected chi connectivity index (χ3v) is 2.60. The maximum Gasteiger partial charge on any atom is 0.0922 e. The molecule has 78 valence electrons. The summed E-state index contributed by atoms with van der Waals surface area (Å²) in [5.41, 5.74) is 1.22. The van der Waals surface area contributed by atoms with Crippen molar-refractivity contribution in [3.8, 4) is 0 Å². The molecular formula is C10H18N4. The van der Waals surface area contributed by atoms with Crippen LogP contribution in [0.3, 0.4) is 0 Å². The van der Waals surface area contributed by atoms with Crippen LogP contribution in [0.2, 0.25) is 0 Å². The van der Waals surface area contributed by atoms with Crippen molar-refractivity contribution < 1.29 is 0 Å². The van der Waals surface area contributed by atoms with E-state index in [1.54, 1.807) is 6.33 Å². The third kappa shape index (κ3) is 2.82. The molecule has 14 heavy (non-hydrogen) atoms. The summed E-state index contributed by atoms with van der Waals surface area (Å²) in [6, 6.07) is 0. The van der Waals surface area contributed by atoms with E-state index in [4.69, 9.17) is 0 Å². The topological polar surface area (TPSA) is 44.0 Å². The van der Waals surface area contributed by atoms with Crippen LogP contribution in [0.15, 0.2) is 12.5 Å². The van der Waals surface area contributed by atoms with Gasteiger partial charge in [0.2, 0.25) is 0 Å². The minimum Gasteiger partial charge on any atom is -0.347 e. The predicted octanol–water partition coefficient (Wildman–Crippen LogP) is 0.595. The summed E-state index contributed by atoms with van der Waals surface area (Å²) < 4.78 is 0. The zero-order chi connectivity index (χ0) is 9.64. The minimum atomic E-state index is 1.01. The lowest BCUT2D eigenvalue weighted by Gasteiger charge is -2.24. The Morgan fingerprint density at radius 2 is 2.07 bits per heavy atom. The Morgan fingerprint density at radius 1 is 1.29 bits per heavy atom. The fourth-order valence-electron chi connectivity index (χ4n) is 1.86. The van der Waals surface area contributed by atoms with E-state index in [1.807, 2.05) is 6.20 Å². The van der Waals surface area contributed by atoms with Gasteiger partial charge in [-0.05, 0) is 39.0 Å². The van der Waals surface area contributed by atoms with Crippen LogP contribution in [-0.2, 0) is 6.54 Å². The number of hydrogen-bond donors (Lipinski definition) is 2. The van der Waals surface area contributed by atoms with Crippen LogP contribution < -0.4 is 5.32 Å². The third-order valence-electron chi connectivity index (χ3n) is 2.60. The van der Waals surface area contributed by atoms with E-state index in [2.05, 4.69) is 20.2 Å². The Labute approximate surface area is 84.7 Å². The van der Waals surface area contributed by atoms with E-state index in [1.165, 1.54) is 31.6 Å². The molecule has 0 aromatic carbocycles. The minimum absolute atomic E-state index is 1.01. The van der Waals surface area contributed by atoms with Gasteiger partial charge in [-0.15, -0.1) is 0 Å². The number of imidazole rings is 1. The molecule has 1 saturated heterocycles. The molecular weight excluding hydrogens is 176 g/mol. The van der Waals surface area contributed by atoms with Crippen molar-refractivity contribution in [1.82, 2.24) is 20.2 Å². The van der Waals surface area contributed by atoms with Crippen molar-refractivity contribution in [2.45, 2.75) is 19.4 Å².